The highest BCUT2D eigenvalue weighted by atomic mass is 16.4. The number of nitrogens with zero attached hydrogens (tertiary/aromatic N) is 1. The van der Waals surface area contributed by atoms with Crippen molar-refractivity contribution in [2.75, 3.05) is 0 Å². The third-order valence-corrected chi connectivity index (χ3v) is 1.24. The van der Waals surface area contributed by atoms with Gasteiger partial charge >= 0.3 is 0 Å². The summed E-state index contributed by atoms with van der Waals surface area (Å²) in [4.78, 5) is 0. The van der Waals surface area contributed by atoms with E-state index < -0.39 is 0 Å². The average Bonchev–Trinajstić information content (AvgIpc) is 1.90. The Morgan fingerprint density at radius 2 is 2.50 bits per heavy atom. The van der Waals surface area contributed by atoms with E-state index in [0.717, 1.165) is 25.0 Å². The summed E-state index contributed by atoms with van der Waals surface area (Å²) >= 11 is 0. The van der Waals surface area contributed by atoms with E-state index in [9.17, 15) is 0 Å². The Morgan fingerprint density at radius 3 is 2.88 bits per heavy atom. The molecule has 2 nitrogen and oxygen atoms in total. The lowest BCUT2D eigenvalue weighted by Crippen LogP contribution is -1.97. The van der Waals surface area contributed by atoms with Gasteiger partial charge < -0.3 is 5.21 Å². The summed E-state index contributed by atoms with van der Waals surface area (Å²) < 4.78 is 0. The van der Waals surface area contributed by atoms with E-state index in [1.807, 2.05) is 12.2 Å². The van der Waals surface area contributed by atoms with Crippen LogP contribution in [0.25, 0.3) is 0 Å². The average molecular weight is 111 g/mol. The van der Waals surface area contributed by atoms with E-state index in [1.165, 1.54) is 0 Å². The second kappa shape index (κ2) is 2.50. The van der Waals surface area contributed by atoms with E-state index in [4.69, 9.17) is 5.21 Å². The first-order valence-corrected chi connectivity index (χ1v) is 2.81. The van der Waals surface area contributed by atoms with Crippen molar-refractivity contribution >= 4 is 5.71 Å². The van der Waals surface area contributed by atoms with Crippen LogP contribution in [-0.2, 0) is 0 Å². The fourth-order valence-corrected chi connectivity index (χ4v) is 0.787. The van der Waals surface area contributed by atoms with Crippen molar-refractivity contribution in [2.24, 2.45) is 5.16 Å². The molecule has 0 bridgehead atoms. The molecule has 0 aromatic heterocycles. The van der Waals surface area contributed by atoms with E-state index in [1.54, 1.807) is 0 Å². The van der Waals surface area contributed by atoms with Gasteiger partial charge in [0.1, 0.15) is 0 Å². The highest BCUT2D eigenvalue weighted by Gasteiger charge is 1.98. The van der Waals surface area contributed by atoms with Crippen molar-refractivity contribution in [3.63, 3.8) is 0 Å². The van der Waals surface area contributed by atoms with Gasteiger partial charge in [-0.3, -0.25) is 0 Å². The number of rotatable bonds is 0. The molecule has 1 N–H and O–H groups in total. The van der Waals surface area contributed by atoms with Crippen molar-refractivity contribution in [3.05, 3.63) is 12.2 Å². The van der Waals surface area contributed by atoms with Crippen LogP contribution >= 0.6 is 0 Å². The Labute approximate surface area is 48.5 Å². The maximum Gasteiger partial charge on any atom is 0.0792 e. The molecule has 1 aliphatic carbocycles. The minimum atomic E-state index is 0.802. The molecule has 0 radical (unpaired) electrons. The van der Waals surface area contributed by atoms with Crippen LogP contribution in [0.2, 0.25) is 0 Å². The molecule has 0 aliphatic heterocycles. The molecule has 2 heteroatoms. The maximum atomic E-state index is 8.23. The fraction of sp³-hybridized carbons (Fsp3) is 0.500. The molecule has 0 aromatic rings. The van der Waals surface area contributed by atoms with Crippen LogP contribution in [0.1, 0.15) is 19.3 Å². The zero-order valence-corrected chi connectivity index (χ0v) is 4.67. The van der Waals surface area contributed by atoms with Crippen LogP contribution in [0, 0.1) is 0 Å². The maximum absolute atomic E-state index is 8.23. The van der Waals surface area contributed by atoms with E-state index in [0.29, 0.717) is 0 Å². The first kappa shape index (κ1) is 5.35. The molecule has 8 heavy (non-hydrogen) atoms. The standard InChI is InChI=1S/C6H9NO/c8-7-6-4-2-1-3-5-6/h2,4,8H,1,3,5H2/b7-6+. The Kier molecular flexibility index (Phi) is 1.67. The summed E-state index contributed by atoms with van der Waals surface area (Å²) in [7, 11) is 0. The van der Waals surface area contributed by atoms with Gasteiger partial charge in [-0.05, 0) is 25.3 Å². The predicted octanol–water partition coefficient (Wildman–Crippen LogP) is 1.56. The third-order valence-electron chi connectivity index (χ3n) is 1.24. The summed E-state index contributed by atoms with van der Waals surface area (Å²) in [6, 6.07) is 0. The van der Waals surface area contributed by atoms with Crippen LogP contribution in [0.5, 0.6) is 0 Å². The fourth-order valence-electron chi connectivity index (χ4n) is 0.787. The van der Waals surface area contributed by atoms with Gasteiger partial charge in [0.2, 0.25) is 0 Å². The Hall–Kier alpha value is -0.790. The zero-order chi connectivity index (χ0) is 5.82. The molecule has 44 valence electrons. The summed E-state index contributed by atoms with van der Waals surface area (Å²) in [6.07, 6.45) is 7.06. The van der Waals surface area contributed by atoms with Crippen molar-refractivity contribution in [1.82, 2.24) is 0 Å². The van der Waals surface area contributed by atoms with Crippen molar-refractivity contribution < 1.29 is 5.21 Å². The summed E-state index contributed by atoms with van der Waals surface area (Å²) in [6.45, 7) is 0. The van der Waals surface area contributed by atoms with Crippen LogP contribution in [-0.4, -0.2) is 10.9 Å². The second-order valence-electron chi connectivity index (χ2n) is 1.89. The monoisotopic (exact) mass is 111 g/mol. The molecular weight excluding hydrogens is 102 g/mol. The van der Waals surface area contributed by atoms with Gasteiger partial charge in [-0.25, -0.2) is 0 Å². The number of hydrogen-bond donors (Lipinski definition) is 1. The molecule has 0 saturated carbocycles. The van der Waals surface area contributed by atoms with Gasteiger partial charge in [0.15, 0.2) is 0 Å². The predicted molar refractivity (Wildman–Crippen MR) is 32.2 cm³/mol. The molecule has 0 fully saturated rings. The molecule has 0 saturated heterocycles. The molecular formula is C6H9NO. The van der Waals surface area contributed by atoms with Gasteiger partial charge in [-0.2, -0.15) is 0 Å². The van der Waals surface area contributed by atoms with Crippen LogP contribution < -0.4 is 0 Å². The van der Waals surface area contributed by atoms with Gasteiger partial charge in [-0.1, -0.05) is 11.2 Å². The molecule has 0 amide bonds. The lowest BCUT2D eigenvalue weighted by Gasteiger charge is -2.01. The number of allylic oxidation sites excluding steroid dienone is 2. The lowest BCUT2D eigenvalue weighted by molar-refractivity contribution is 0.318. The van der Waals surface area contributed by atoms with Crippen molar-refractivity contribution in [3.8, 4) is 0 Å². The minimum absolute atomic E-state index is 0.802. The van der Waals surface area contributed by atoms with Crippen molar-refractivity contribution in [2.45, 2.75) is 19.3 Å². The Balaban J connectivity index is 2.56. The molecule has 1 rings (SSSR count). The lowest BCUT2D eigenvalue weighted by atomic mass is 10.1. The number of hydrogen-bond acceptors (Lipinski definition) is 2. The van der Waals surface area contributed by atoms with Gasteiger partial charge in [0, 0.05) is 0 Å². The van der Waals surface area contributed by atoms with Gasteiger partial charge in [0.05, 0.1) is 5.71 Å². The normalized spacial score (nSPS) is 24.2. The molecule has 0 unspecified atom stereocenters. The first-order valence-electron chi connectivity index (χ1n) is 2.81. The van der Waals surface area contributed by atoms with E-state index >= 15 is 0 Å². The van der Waals surface area contributed by atoms with Crippen LogP contribution in [0.15, 0.2) is 17.3 Å². The van der Waals surface area contributed by atoms with Crippen LogP contribution in [0.4, 0.5) is 0 Å². The summed E-state index contributed by atoms with van der Waals surface area (Å²) in [5.74, 6) is 0. The van der Waals surface area contributed by atoms with Gasteiger partial charge in [-0.15, -0.1) is 0 Å². The molecule has 0 atom stereocenters. The zero-order valence-electron chi connectivity index (χ0n) is 4.67. The summed E-state index contributed by atoms with van der Waals surface area (Å²) in [5.41, 5.74) is 0.802. The topological polar surface area (TPSA) is 32.6 Å². The molecule has 1 aliphatic rings. The SMILES string of the molecule is O/N=C1\C=CCCC1. The molecule has 0 spiro atoms. The smallest absolute Gasteiger partial charge is 0.0792 e. The second-order valence-corrected chi connectivity index (χ2v) is 1.89. The first-order chi connectivity index (χ1) is 3.93. The summed E-state index contributed by atoms with van der Waals surface area (Å²) in [5, 5.41) is 11.3. The molecule has 0 aromatic carbocycles. The third kappa shape index (κ3) is 1.09. The Morgan fingerprint density at radius 1 is 1.62 bits per heavy atom. The Bertz CT molecular complexity index is 126. The van der Waals surface area contributed by atoms with E-state index in [-0.39, 0.29) is 0 Å². The minimum Gasteiger partial charge on any atom is -0.411 e. The number of oxime groups is 1. The van der Waals surface area contributed by atoms with E-state index in [2.05, 4.69) is 5.16 Å². The highest BCUT2D eigenvalue weighted by Crippen LogP contribution is 2.06. The largest absolute Gasteiger partial charge is 0.411 e. The van der Waals surface area contributed by atoms with Crippen molar-refractivity contribution in [1.29, 1.82) is 0 Å². The van der Waals surface area contributed by atoms with Crippen LogP contribution in [0.3, 0.4) is 0 Å². The quantitative estimate of drug-likeness (QED) is 0.373. The van der Waals surface area contributed by atoms with Gasteiger partial charge in [0.25, 0.3) is 0 Å². The molecule has 0 heterocycles. The highest BCUT2D eigenvalue weighted by molar-refractivity contribution is 5.94.